The number of H-pyrrole nitrogens is 1. The van der Waals surface area contributed by atoms with Crippen LogP contribution in [0.4, 0.5) is 14.6 Å². The van der Waals surface area contributed by atoms with E-state index in [-0.39, 0.29) is 17.7 Å². The van der Waals surface area contributed by atoms with Crippen LogP contribution in [0.25, 0.3) is 0 Å². The molecule has 0 spiro atoms. The molecular formula is C11H9F2N3O. The van der Waals surface area contributed by atoms with Crippen LogP contribution in [0.3, 0.4) is 0 Å². The minimum absolute atomic E-state index is 0.0441. The first-order valence-electron chi connectivity index (χ1n) is 4.89. The van der Waals surface area contributed by atoms with E-state index in [9.17, 15) is 13.6 Å². The minimum atomic E-state index is -0.623. The van der Waals surface area contributed by atoms with Crippen molar-refractivity contribution in [1.29, 1.82) is 0 Å². The predicted molar refractivity (Wildman–Crippen MR) is 58.5 cm³/mol. The summed E-state index contributed by atoms with van der Waals surface area (Å²) in [5.74, 6) is -0.906. The van der Waals surface area contributed by atoms with Gasteiger partial charge in [0, 0.05) is 18.2 Å². The topological polar surface area (TPSA) is 57.8 Å². The third-order valence-corrected chi connectivity index (χ3v) is 2.19. The average Bonchev–Trinajstić information content (AvgIpc) is 2.31. The molecule has 1 aromatic heterocycles. The number of aromatic nitrogens is 2. The lowest BCUT2D eigenvalue weighted by Crippen LogP contribution is -2.10. The van der Waals surface area contributed by atoms with E-state index in [1.54, 1.807) is 0 Å². The molecule has 0 bridgehead atoms. The standard InChI is InChI=1S/C11H9F2N3O/c12-8-2-1-3-9(13)7(8)6-14-10-4-5-11(17)16-15-10/h1-5H,6H2,(H,14,15)(H,16,17). The van der Waals surface area contributed by atoms with Crippen molar-refractivity contribution >= 4 is 5.82 Å². The molecule has 0 radical (unpaired) electrons. The highest BCUT2D eigenvalue weighted by molar-refractivity contribution is 5.34. The van der Waals surface area contributed by atoms with Crippen LogP contribution >= 0.6 is 0 Å². The molecule has 0 aliphatic carbocycles. The summed E-state index contributed by atoms with van der Waals surface area (Å²) in [6.45, 7) is -0.0441. The van der Waals surface area contributed by atoms with E-state index in [4.69, 9.17) is 0 Å². The smallest absolute Gasteiger partial charge is 0.264 e. The summed E-state index contributed by atoms with van der Waals surface area (Å²) in [6, 6.07) is 6.36. The van der Waals surface area contributed by atoms with Crippen LogP contribution in [0.1, 0.15) is 5.56 Å². The van der Waals surface area contributed by atoms with Gasteiger partial charge in [-0.25, -0.2) is 13.9 Å². The predicted octanol–water partition coefficient (Wildman–Crippen LogP) is 1.66. The van der Waals surface area contributed by atoms with Gasteiger partial charge in [0.15, 0.2) is 0 Å². The molecule has 4 nitrogen and oxygen atoms in total. The molecule has 0 saturated carbocycles. The van der Waals surface area contributed by atoms with Gasteiger partial charge < -0.3 is 5.32 Å². The van der Waals surface area contributed by atoms with Gasteiger partial charge in [0.25, 0.3) is 5.56 Å². The first-order valence-corrected chi connectivity index (χ1v) is 4.89. The zero-order chi connectivity index (χ0) is 12.3. The van der Waals surface area contributed by atoms with Gasteiger partial charge >= 0.3 is 0 Å². The van der Waals surface area contributed by atoms with Crippen LogP contribution in [0.15, 0.2) is 35.1 Å². The second kappa shape index (κ2) is 4.73. The van der Waals surface area contributed by atoms with E-state index >= 15 is 0 Å². The van der Waals surface area contributed by atoms with Crippen LogP contribution in [0.5, 0.6) is 0 Å². The monoisotopic (exact) mass is 237 g/mol. The van der Waals surface area contributed by atoms with Gasteiger partial charge in [-0.3, -0.25) is 4.79 Å². The minimum Gasteiger partial charge on any atom is -0.364 e. The first kappa shape index (κ1) is 11.3. The summed E-state index contributed by atoms with van der Waals surface area (Å²) in [4.78, 5) is 10.7. The fourth-order valence-electron chi connectivity index (χ4n) is 1.32. The number of rotatable bonds is 3. The lowest BCUT2D eigenvalue weighted by molar-refractivity contribution is 0.560. The molecule has 1 heterocycles. The zero-order valence-electron chi connectivity index (χ0n) is 8.71. The number of nitrogens with one attached hydrogen (secondary N) is 2. The fraction of sp³-hybridized carbons (Fsp3) is 0.0909. The lowest BCUT2D eigenvalue weighted by atomic mass is 10.2. The number of hydrogen-bond donors (Lipinski definition) is 2. The average molecular weight is 237 g/mol. The Balaban J connectivity index is 2.12. The van der Waals surface area contributed by atoms with Crippen LogP contribution in [0, 0.1) is 11.6 Å². The Bertz CT molecular complexity index is 542. The first-order chi connectivity index (χ1) is 8.16. The van der Waals surface area contributed by atoms with E-state index in [1.165, 1.54) is 30.3 Å². The third-order valence-electron chi connectivity index (χ3n) is 2.19. The molecule has 0 saturated heterocycles. The van der Waals surface area contributed by atoms with Gasteiger partial charge in [-0.05, 0) is 18.2 Å². The number of aromatic amines is 1. The molecule has 0 aliphatic rings. The van der Waals surface area contributed by atoms with Crippen molar-refractivity contribution in [3.8, 4) is 0 Å². The molecule has 6 heteroatoms. The van der Waals surface area contributed by atoms with Gasteiger partial charge in [0.05, 0.1) is 0 Å². The highest BCUT2D eigenvalue weighted by Gasteiger charge is 2.07. The molecule has 88 valence electrons. The van der Waals surface area contributed by atoms with Gasteiger partial charge in [-0.2, -0.15) is 5.10 Å². The van der Waals surface area contributed by atoms with E-state index in [2.05, 4.69) is 15.5 Å². The number of hydrogen-bond acceptors (Lipinski definition) is 3. The Labute approximate surface area is 95.3 Å². The Morgan fingerprint density at radius 3 is 2.47 bits per heavy atom. The van der Waals surface area contributed by atoms with Gasteiger partial charge in [-0.15, -0.1) is 0 Å². The fourth-order valence-corrected chi connectivity index (χ4v) is 1.32. The van der Waals surface area contributed by atoms with Crippen LogP contribution in [-0.2, 0) is 6.54 Å². The maximum absolute atomic E-state index is 13.3. The van der Waals surface area contributed by atoms with Crippen molar-refractivity contribution in [2.24, 2.45) is 0 Å². The van der Waals surface area contributed by atoms with Crippen molar-refractivity contribution in [3.05, 3.63) is 57.9 Å². The number of nitrogens with zero attached hydrogens (tertiary/aromatic N) is 1. The number of halogens is 2. The van der Waals surface area contributed by atoms with Crippen molar-refractivity contribution in [1.82, 2.24) is 10.2 Å². The summed E-state index contributed by atoms with van der Waals surface area (Å²) in [5.41, 5.74) is -0.409. The Morgan fingerprint density at radius 1 is 1.18 bits per heavy atom. The van der Waals surface area contributed by atoms with Crippen molar-refractivity contribution in [2.45, 2.75) is 6.54 Å². The molecular weight excluding hydrogens is 228 g/mol. The van der Waals surface area contributed by atoms with Crippen molar-refractivity contribution in [3.63, 3.8) is 0 Å². The summed E-state index contributed by atoms with van der Waals surface area (Å²) in [7, 11) is 0. The quantitative estimate of drug-likeness (QED) is 0.853. The second-order valence-electron chi connectivity index (χ2n) is 3.36. The Hall–Kier alpha value is -2.24. The Morgan fingerprint density at radius 2 is 1.88 bits per heavy atom. The van der Waals surface area contributed by atoms with Crippen LogP contribution in [0.2, 0.25) is 0 Å². The summed E-state index contributed by atoms with van der Waals surface area (Å²) < 4.78 is 26.5. The zero-order valence-corrected chi connectivity index (χ0v) is 8.71. The van der Waals surface area contributed by atoms with E-state index in [1.807, 2.05) is 0 Å². The van der Waals surface area contributed by atoms with Crippen LogP contribution < -0.4 is 10.9 Å². The lowest BCUT2D eigenvalue weighted by Gasteiger charge is -2.06. The van der Waals surface area contributed by atoms with Gasteiger partial charge in [-0.1, -0.05) is 6.07 Å². The maximum atomic E-state index is 13.3. The SMILES string of the molecule is O=c1ccc(NCc2c(F)cccc2F)n[nH]1. The maximum Gasteiger partial charge on any atom is 0.264 e. The van der Waals surface area contributed by atoms with Gasteiger partial charge in [0.2, 0.25) is 0 Å². The molecule has 17 heavy (non-hydrogen) atoms. The second-order valence-corrected chi connectivity index (χ2v) is 3.36. The van der Waals surface area contributed by atoms with Crippen molar-refractivity contribution < 1.29 is 8.78 Å². The van der Waals surface area contributed by atoms with E-state index in [0.29, 0.717) is 5.82 Å². The Kier molecular flexibility index (Phi) is 3.13. The largest absolute Gasteiger partial charge is 0.364 e. The summed E-state index contributed by atoms with van der Waals surface area (Å²) >= 11 is 0. The number of anilines is 1. The van der Waals surface area contributed by atoms with Crippen molar-refractivity contribution in [2.75, 3.05) is 5.32 Å². The summed E-state index contributed by atoms with van der Waals surface area (Å²) in [5, 5.41) is 8.58. The molecule has 1 aromatic carbocycles. The summed E-state index contributed by atoms with van der Waals surface area (Å²) in [6.07, 6.45) is 0. The normalized spacial score (nSPS) is 10.2. The van der Waals surface area contributed by atoms with E-state index in [0.717, 1.165) is 0 Å². The molecule has 0 unspecified atom stereocenters. The molecule has 2 aromatic rings. The molecule has 0 atom stereocenters. The third kappa shape index (κ3) is 2.66. The molecule has 2 N–H and O–H groups in total. The molecule has 2 rings (SSSR count). The van der Waals surface area contributed by atoms with Gasteiger partial charge in [0.1, 0.15) is 17.5 Å². The molecule has 0 amide bonds. The highest BCUT2D eigenvalue weighted by Crippen LogP contribution is 2.13. The van der Waals surface area contributed by atoms with E-state index < -0.39 is 11.6 Å². The molecule has 0 fully saturated rings. The highest BCUT2D eigenvalue weighted by atomic mass is 19.1. The molecule has 0 aliphatic heterocycles. The number of benzene rings is 1. The van der Waals surface area contributed by atoms with Crippen LogP contribution in [-0.4, -0.2) is 10.2 Å².